The predicted octanol–water partition coefficient (Wildman–Crippen LogP) is 5.29. The van der Waals surface area contributed by atoms with Gasteiger partial charge in [-0.1, -0.05) is 6.92 Å². The van der Waals surface area contributed by atoms with Gasteiger partial charge in [-0.15, -0.1) is 0 Å². The van der Waals surface area contributed by atoms with Crippen LogP contribution in [0.1, 0.15) is 42.6 Å². The second-order valence-corrected chi connectivity index (χ2v) is 8.68. The van der Waals surface area contributed by atoms with Gasteiger partial charge in [-0.3, -0.25) is 19.3 Å². The largest absolute Gasteiger partial charge is 0.361 e. The number of nitrogens with zero attached hydrogens (tertiary/aromatic N) is 2. The maximum absolute atomic E-state index is 12.9. The Hall–Kier alpha value is -3.42. The number of carbonyl (C=O) groups is 3. The number of aromatic amines is 1. The molecule has 2 aromatic carbocycles. The van der Waals surface area contributed by atoms with Crippen LogP contribution in [0, 0.1) is 12.5 Å². The molecule has 10 heteroatoms. The Bertz CT molecular complexity index is 1280. The average molecular weight is 526 g/mol. The fourth-order valence-corrected chi connectivity index (χ4v) is 4.35. The van der Waals surface area contributed by atoms with Crippen LogP contribution >= 0.6 is 27.0 Å². The number of H-pyrrole nitrogens is 1. The molecule has 0 spiro atoms. The number of hydrogen-bond donors (Lipinski definition) is 3. The van der Waals surface area contributed by atoms with Crippen LogP contribution in [0.4, 0.5) is 16.2 Å². The molecule has 3 aromatic rings. The van der Waals surface area contributed by atoms with E-state index in [0.29, 0.717) is 29.9 Å². The smallest absolute Gasteiger partial charge is 0.323 e. The van der Waals surface area contributed by atoms with Crippen molar-refractivity contribution < 1.29 is 14.4 Å². The highest BCUT2D eigenvalue weighted by Gasteiger charge is 2.35. The summed E-state index contributed by atoms with van der Waals surface area (Å²) < 4.78 is 0. The number of nitrogens with one attached hydrogen (secondary N) is 3. The molecule has 1 aliphatic heterocycles. The van der Waals surface area contributed by atoms with E-state index in [1.807, 2.05) is 25.3 Å². The molecule has 8 nitrogen and oxygen atoms in total. The minimum absolute atomic E-state index is 0. The summed E-state index contributed by atoms with van der Waals surface area (Å²) in [4.78, 5) is 45.3. The van der Waals surface area contributed by atoms with E-state index in [2.05, 4.69) is 20.5 Å². The van der Waals surface area contributed by atoms with Crippen LogP contribution in [-0.4, -0.2) is 40.3 Å². The molecule has 4 rings (SSSR count). The van der Waals surface area contributed by atoms with Crippen molar-refractivity contribution in [3.05, 3.63) is 71.2 Å². The Labute approximate surface area is 224 Å². The zero-order valence-corrected chi connectivity index (χ0v) is 22.2. The zero-order chi connectivity index (χ0) is 24.2. The van der Waals surface area contributed by atoms with Crippen molar-refractivity contribution in [2.45, 2.75) is 39.3 Å². The average Bonchev–Trinajstić information content (AvgIpc) is 3.45. The summed E-state index contributed by atoms with van der Waals surface area (Å²) >= 11 is 0. The Morgan fingerprint density at radius 1 is 1.11 bits per heavy atom. The highest BCUT2D eigenvalue weighted by Crippen LogP contribution is 2.27. The number of benzene rings is 2. The quantitative estimate of drug-likeness (QED) is 0.301. The number of aromatic nitrogens is 1. The van der Waals surface area contributed by atoms with Gasteiger partial charge in [0.25, 0.3) is 0 Å². The van der Waals surface area contributed by atoms with E-state index in [9.17, 15) is 14.4 Å². The summed E-state index contributed by atoms with van der Waals surface area (Å²) in [5.74, 6) is -0.272. The van der Waals surface area contributed by atoms with Crippen LogP contribution in [0.2, 0.25) is 0 Å². The van der Waals surface area contributed by atoms with Crippen LogP contribution in [0.15, 0.2) is 48.7 Å². The number of anilines is 2. The maximum atomic E-state index is 12.9. The Kier molecular flexibility index (Phi) is 10.0. The molecule has 0 radical (unpaired) electrons. The summed E-state index contributed by atoms with van der Waals surface area (Å²) in [5.41, 5.74) is 3.69. The normalized spacial score (nSPS) is 15.2. The molecule has 1 fully saturated rings. The monoisotopic (exact) mass is 525 g/mol. The summed E-state index contributed by atoms with van der Waals surface area (Å²) in [5, 5.41) is 6.53. The number of rotatable bonds is 6. The van der Waals surface area contributed by atoms with Gasteiger partial charge < -0.3 is 15.6 Å². The number of ketones is 1. The Balaban J connectivity index is 0.00000228. The molecule has 2 heterocycles. The van der Waals surface area contributed by atoms with Gasteiger partial charge in [0, 0.05) is 52.9 Å². The molecule has 190 valence electrons. The third-order valence-corrected chi connectivity index (χ3v) is 6.18. The molecular weight excluding hydrogens is 494 g/mol. The van der Waals surface area contributed by atoms with Crippen molar-refractivity contribution in [1.29, 1.82) is 0 Å². The van der Waals surface area contributed by atoms with Gasteiger partial charge in [-0.05, 0) is 67.8 Å². The van der Waals surface area contributed by atoms with Gasteiger partial charge >= 0.3 is 12.2 Å². The third kappa shape index (κ3) is 6.42. The van der Waals surface area contributed by atoms with E-state index in [0.717, 1.165) is 29.3 Å². The fourth-order valence-electron chi connectivity index (χ4n) is 4.35. The van der Waals surface area contributed by atoms with Gasteiger partial charge in [0.1, 0.15) is 0 Å². The molecule has 1 aromatic heterocycles. The molecule has 0 bridgehead atoms. The van der Waals surface area contributed by atoms with Crippen LogP contribution < -0.4 is 10.6 Å². The van der Waals surface area contributed by atoms with Crippen LogP contribution in [-0.2, 0) is 11.2 Å². The second kappa shape index (κ2) is 12.5. The summed E-state index contributed by atoms with van der Waals surface area (Å²) in [6.07, 6.45) is 3.71. The van der Waals surface area contributed by atoms with Gasteiger partial charge in [-0.2, -0.15) is 27.0 Å². The highest BCUT2D eigenvalue weighted by atomic mass is 32.1. The van der Waals surface area contributed by atoms with E-state index < -0.39 is 6.03 Å². The molecule has 1 saturated heterocycles. The van der Waals surface area contributed by atoms with E-state index in [4.69, 9.17) is 6.57 Å². The van der Waals surface area contributed by atoms with Crippen molar-refractivity contribution in [1.82, 2.24) is 9.88 Å². The maximum Gasteiger partial charge on any atom is 0.323 e. The Morgan fingerprint density at radius 3 is 2.44 bits per heavy atom. The molecule has 1 aliphatic rings. The first-order valence-corrected chi connectivity index (χ1v) is 11.3. The molecule has 0 saturated carbocycles. The lowest BCUT2D eigenvalue weighted by molar-refractivity contribution is -0.135. The number of hydrogen-bond acceptors (Lipinski definition) is 3. The topological polar surface area (TPSA) is 98.7 Å². The number of fused-ring (bicyclic) bond motifs is 1. The minimum Gasteiger partial charge on any atom is -0.361 e. The van der Waals surface area contributed by atoms with Gasteiger partial charge in [-0.25, -0.2) is 11.4 Å². The highest BCUT2D eigenvalue weighted by molar-refractivity contribution is 7.59. The number of Topliss-reactive ketones (excluding diaryl/α,β-unsaturated/α-hetero) is 1. The van der Waals surface area contributed by atoms with E-state index in [-0.39, 0.29) is 50.8 Å². The molecule has 3 N–H and O–H groups in total. The zero-order valence-electron chi connectivity index (χ0n) is 20.2. The Morgan fingerprint density at radius 2 is 1.78 bits per heavy atom. The second-order valence-electron chi connectivity index (χ2n) is 8.68. The predicted molar refractivity (Wildman–Crippen MR) is 152 cm³/mol. The first-order valence-electron chi connectivity index (χ1n) is 11.3. The first-order chi connectivity index (χ1) is 16.4. The lowest BCUT2D eigenvalue weighted by atomic mass is 9.99. The first kappa shape index (κ1) is 28.8. The van der Waals surface area contributed by atoms with E-state index in [1.54, 1.807) is 35.2 Å². The van der Waals surface area contributed by atoms with Gasteiger partial charge in [0.05, 0.1) is 0 Å². The van der Waals surface area contributed by atoms with Crippen molar-refractivity contribution >= 4 is 67.0 Å². The van der Waals surface area contributed by atoms with Crippen molar-refractivity contribution in [3.63, 3.8) is 0 Å². The van der Waals surface area contributed by atoms with Crippen LogP contribution in [0.3, 0.4) is 0 Å². The molecule has 0 unspecified atom stereocenters. The number of carbonyl (C=O) groups excluding carboxylic acids is 3. The van der Waals surface area contributed by atoms with Crippen molar-refractivity contribution in [3.8, 4) is 0 Å². The fraction of sp³-hybridized carbons (Fsp3) is 0.308. The lowest BCUT2D eigenvalue weighted by Gasteiger charge is -2.20. The van der Waals surface area contributed by atoms with Crippen LogP contribution in [0.25, 0.3) is 15.7 Å². The van der Waals surface area contributed by atoms with Crippen LogP contribution in [0.5, 0.6) is 0 Å². The van der Waals surface area contributed by atoms with Crippen molar-refractivity contribution in [2.75, 3.05) is 17.2 Å². The number of urea groups is 1. The van der Waals surface area contributed by atoms with Gasteiger partial charge in [0.15, 0.2) is 5.78 Å². The number of likely N-dealkylation sites (tertiary alicyclic amines) is 1. The van der Waals surface area contributed by atoms with E-state index >= 15 is 0 Å². The van der Waals surface area contributed by atoms with Crippen molar-refractivity contribution in [2.24, 2.45) is 5.92 Å². The standard InChI is InChI=1S/C26H27N5O3.2H2S/c1-16(25(33)31-12-4-5-24(31)27-3)13-19-15-28-23-11-10-21(14-22(19)23)30-26(34)29-20-8-6-18(7-9-20)17(2)32;;/h6-11,14-16,24,28H,4-5,12-13H2,1-2H3,(H2,29,30,34);2*1H2/t16-,24-;;/m0../s1. The SMILES string of the molecule is S.S.[C-]#[N+][C@@H]1CCCN1C(=O)[C@@H](C)Cc1c[nH]c2ccc(NC(=O)Nc3ccc(C(C)=O)cc3)cc12. The van der Waals surface area contributed by atoms with E-state index in [1.165, 1.54) is 6.92 Å². The number of amides is 3. The molecule has 0 aliphatic carbocycles. The molecular formula is C26H31N5O3S2. The molecule has 2 atom stereocenters. The summed E-state index contributed by atoms with van der Waals surface area (Å²) in [6.45, 7) is 11.4. The minimum atomic E-state index is -0.394. The molecule has 36 heavy (non-hydrogen) atoms. The lowest BCUT2D eigenvalue weighted by Crippen LogP contribution is -2.38. The summed E-state index contributed by atoms with van der Waals surface area (Å²) in [7, 11) is 0. The van der Waals surface area contributed by atoms with Gasteiger partial charge in [0.2, 0.25) is 5.91 Å². The molecule has 3 amide bonds. The summed E-state index contributed by atoms with van der Waals surface area (Å²) in [6, 6.07) is 11.9. The third-order valence-electron chi connectivity index (χ3n) is 6.18.